The minimum atomic E-state index is -4.93. The van der Waals surface area contributed by atoms with E-state index in [9.17, 15) is 18.4 Å². The zero-order valence-electron chi connectivity index (χ0n) is 15.4. The number of rotatable bonds is 6. The molecule has 1 unspecified atom stereocenters. The van der Waals surface area contributed by atoms with Gasteiger partial charge in [0.2, 0.25) is 0 Å². The van der Waals surface area contributed by atoms with Crippen molar-refractivity contribution in [3.63, 3.8) is 0 Å². The highest BCUT2D eigenvalue weighted by atomic mass is 127. The second kappa shape index (κ2) is 8.98. The highest BCUT2D eigenvalue weighted by molar-refractivity contribution is 14.2. The molecule has 0 radical (unpaired) electrons. The van der Waals surface area contributed by atoms with Gasteiger partial charge in [0.15, 0.2) is 0 Å². The van der Waals surface area contributed by atoms with Crippen LogP contribution in [-0.2, 0) is 15.3 Å². The quantitative estimate of drug-likeness (QED) is 0.228. The zero-order chi connectivity index (χ0) is 21.1. The van der Waals surface area contributed by atoms with E-state index < -0.39 is 11.8 Å². The van der Waals surface area contributed by atoms with Crippen LogP contribution in [0.25, 0.3) is 22.6 Å². The van der Waals surface area contributed by atoms with Crippen LogP contribution < -0.4 is 0 Å². The van der Waals surface area contributed by atoms with Crippen molar-refractivity contribution in [3.05, 3.63) is 59.2 Å². The van der Waals surface area contributed by atoms with Crippen molar-refractivity contribution in [1.82, 2.24) is 0 Å². The number of nitriles is 1. The van der Waals surface area contributed by atoms with E-state index >= 15 is 0 Å². The number of fused-ring (bicyclic) bond motifs is 3. The molecule has 3 nitrogen and oxygen atoms in total. The Kier molecular flexibility index (Phi) is 6.81. The summed E-state index contributed by atoms with van der Waals surface area (Å²) in [6.45, 7) is 1.82. The van der Waals surface area contributed by atoms with E-state index in [1.54, 1.807) is 40.3 Å². The van der Waals surface area contributed by atoms with Crippen LogP contribution in [0, 0.1) is 11.3 Å². The molecule has 2 aromatic carbocycles. The van der Waals surface area contributed by atoms with Crippen LogP contribution in [0.1, 0.15) is 30.0 Å². The van der Waals surface area contributed by atoms with Crippen LogP contribution in [0.3, 0.4) is 0 Å². The summed E-state index contributed by atoms with van der Waals surface area (Å²) in [5.41, 5.74) is -0.281. The van der Waals surface area contributed by atoms with Crippen LogP contribution in [-0.4, -0.2) is 18.4 Å². The molecule has 1 aliphatic rings. The van der Waals surface area contributed by atoms with Gasteiger partial charge in [-0.05, 0) is 47.7 Å². The fourth-order valence-corrected chi connectivity index (χ4v) is 4.40. The Balaban J connectivity index is 2.14. The zero-order valence-corrected chi connectivity index (χ0v) is 18.4. The van der Waals surface area contributed by atoms with Crippen molar-refractivity contribution >= 4 is 53.0 Å². The van der Waals surface area contributed by atoms with Gasteiger partial charge in [0, 0.05) is 32.8 Å². The molecule has 0 bridgehead atoms. The van der Waals surface area contributed by atoms with Crippen LogP contribution in [0.5, 0.6) is 0 Å². The topological polar surface area (TPSA) is 42.2 Å². The molecule has 3 rings (SSSR count). The molecule has 152 valence electrons. The molecule has 2 aromatic rings. The molecule has 1 aliphatic carbocycles. The van der Waals surface area contributed by atoms with Gasteiger partial charge in [-0.15, -0.1) is 0 Å². The summed E-state index contributed by atoms with van der Waals surface area (Å²) in [4.78, 5) is 0. The smallest absolute Gasteiger partial charge is 0.436 e. The van der Waals surface area contributed by atoms with Crippen molar-refractivity contribution in [2.75, 3.05) is 6.61 Å². The van der Waals surface area contributed by atoms with Crippen molar-refractivity contribution in [1.29, 1.82) is 5.26 Å². The van der Waals surface area contributed by atoms with E-state index in [0.717, 1.165) is 29.2 Å². The van der Waals surface area contributed by atoms with E-state index in [0.29, 0.717) is 20.9 Å². The minimum Gasteiger partial charge on any atom is -0.493 e. The number of allylic oxidation sites excluding steroid dienone is 1. The van der Waals surface area contributed by atoms with Gasteiger partial charge in [-0.3, -0.25) is 4.18 Å². The maximum Gasteiger partial charge on any atom is 0.436 e. The summed E-state index contributed by atoms with van der Waals surface area (Å²) >= 11 is 1.56. The summed E-state index contributed by atoms with van der Waals surface area (Å²) in [5.74, 6) is -0.0491. The first kappa shape index (κ1) is 22.0. The predicted molar refractivity (Wildman–Crippen MR) is 118 cm³/mol. The second-order valence-corrected chi connectivity index (χ2v) is 7.82. The van der Waals surface area contributed by atoms with Gasteiger partial charge in [0.05, 0.1) is 15.8 Å². The molecule has 8 heteroatoms. The van der Waals surface area contributed by atoms with E-state index in [1.165, 1.54) is 11.6 Å². The second-order valence-electron chi connectivity index (χ2n) is 6.45. The van der Waals surface area contributed by atoms with E-state index in [4.69, 9.17) is 8.92 Å². The maximum absolute atomic E-state index is 13.6. The number of hydrogen-bond donors (Lipinski definition) is 0. The summed E-state index contributed by atoms with van der Waals surface area (Å²) in [5, 5.41) is 11.2. The van der Waals surface area contributed by atoms with Gasteiger partial charge < -0.3 is 4.74 Å². The lowest BCUT2D eigenvalue weighted by atomic mass is 9.91. The van der Waals surface area contributed by atoms with E-state index in [1.807, 2.05) is 18.2 Å². The van der Waals surface area contributed by atoms with Crippen molar-refractivity contribution in [2.45, 2.75) is 31.5 Å². The molecule has 0 fully saturated rings. The Bertz CT molecular complexity index is 1010. The number of halogens is 4. The molecule has 0 saturated carbocycles. The standard InChI is InChI=1S/C21H17F3INO2S/c1-2-27-19(12-20(13-26,28-29-25)21(22,23)24)16-9-10-18-15(11-16)8-7-14-5-3-4-6-17(14)18/h4,6-12H,2-3,5H2,1H3/b19-12-. The SMILES string of the molecule is CCO/C(=C\C(C#N)(OSI)C(F)(F)F)c1ccc2c3c(ccc2c1)CCC=C3. The molecule has 0 N–H and O–H groups in total. The van der Waals surface area contributed by atoms with Crippen LogP contribution in [0.15, 0.2) is 42.5 Å². The summed E-state index contributed by atoms with van der Waals surface area (Å²) in [6.07, 6.45) is 1.94. The van der Waals surface area contributed by atoms with Gasteiger partial charge in [0.1, 0.15) is 11.8 Å². The maximum atomic E-state index is 13.6. The first-order valence-electron chi connectivity index (χ1n) is 8.88. The average Bonchev–Trinajstić information content (AvgIpc) is 2.71. The van der Waals surface area contributed by atoms with Crippen LogP contribution in [0.4, 0.5) is 13.2 Å². The fraction of sp³-hybridized carbons (Fsp3) is 0.286. The third-order valence-electron chi connectivity index (χ3n) is 4.69. The molecular formula is C21H17F3INO2S. The molecule has 0 spiro atoms. The monoisotopic (exact) mass is 531 g/mol. The number of aryl methyl sites for hydroxylation is 1. The lowest BCUT2D eigenvalue weighted by Crippen LogP contribution is -2.43. The Morgan fingerprint density at radius 3 is 2.76 bits per heavy atom. The van der Waals surface area contributed by atoms with E-state index in [-0.39, 0.29) is 12.4 Å². The fourth-order valence-electron chi connectivity index (χ4n) is 3.27. The van der Waals surface area contributed by atoms with Gasteiger partial charge in [-0.25, -0.2) is 0 Å². The van der Waals surface area contributed by atoms with Crippen LogP contribution in [0.2, 0.25) is 0 Å². The number of benzene rings is 2. The summed E-state index contributed by atoms with van der Waals surface area (Å²) < 4.78 is 51.2. The number of nitrogens with zero attached hydrogens (tertiary/aromatic N) is 1. The minimum absolute atomic E-state index is 0.0491. The molecule has 1 atom stereocenters. The molecule has 0 amide bonds. The van der Waals surface area contributed by atoms with Gasteiger partial charge >= 0.3 is 6.18 Å². The third kappa shape index (κ3) is 4.42. The first-order chi connectivity index (χ1) is 13.8. The largest absolute Gasteiger partial charge is 0.493 e. The summed E-state index contributed by atoms with van der Waals surface area (Å²) in [6, 6.07) is 10.6. The third-order valence-corrected chi connectivity index (χ3v) is 5.55. The van der Waals surface area contributed by atoms with E-state index in [2.05, 4.69) is 12.2 Å². The predicted octanol–water partition coefficient (Wildman–Crippen LogP) is 7.02. The molecule has 0 aliphatic heterocycles. The van der Waals surface area contributed by atoms with Gasteiger partial charge in [-0.2, -0.15) is 18.4 Å². The Labute approximate surface area is 183 Å². The number of hydrogen-bond acceptors (Lipinski definition) is 4. The number of ether oxygens (including phenoxy) is 1. The first-order valence-corrected chi connectivity index (χ1v) is 12.2. The molecule has 29 heavy (non-hydrogen) atoms. The lowest BCUT2D eigenvalue weighted by Gasteiger charge is -2.25. The highest BCUT2D eigenvalue weighted by Crippen LogP contribution is 2.41. The molecule has 0 aromatic heterocycles. The van der Waals surface area contributed by atoms with Crippen LogP contribution >= 0.6 is 30.4 Å². The normalized spacial score (nSPS) is 16.2. The Hall–Kier alpha value is -1.70. The highest BCUT2D eigenvalue weighted by Gasteiger charge is 2.57. The number of alkyl halides is 3. The molecule has 0 heterocycles. The van der Waals surface area contributed by atoms with Crippen molar-refractivity contribution < 1.29 is 22.1 Å². The Morgan fingerprint density at radius 2 is 2.10 bits per heavy atom. The summed E-state index contributed by atoms with van der Waals surface area (Å²) in [7, 11) is 0.453. The Morgan fingerprint density at radius 1 is 1.31 bits per heavy atom. The van der Waals surface area contributed by atoms with Gasteiger partial charge in [0.25, 0.3) is 5.60 Å². The average molecular weight is 531 g/mol. The molecule has 0 saturated heterocycles. The van der Waals surface area contributed by atoms with Crippen molar-refractivity contribution in [2.24, 2.45) is 0 Å². The molecular weight excluding hydrogens is 514 g/mol. The van der Waals surface area contributed by atoms with Crippen molar-refractivity contribution in [3.8, 4) is 6.07 Å². The van der Waals surface area contributed by atoms with Gasteiger partial charge in [-0.1, -0.05) is 36.4 Å². The lowest BCUT2D eigenvalue weighted by molar-refractivity contribution is -0.203.